The van der Waals surface area contributed by atoms with Crippen molar-refractivity contribution in [2.75, 3.05) is 0 Å². The lowest BCUT2D eigenvalue weighted by molar-refractivity contribution is 0.111. The molecule has 20 heavy (non-hydrogen) atoms. The molecule has 0 spiro atoms. The van der Waals surface area contributed by atoms with Gasteiger partial charge < -0.3 is 5.11 Å². The van der Waals surface area contributed by atoms with Crippen LogP contribution in [0.2, 0.25) is 0 Å². The molecular weight excluding hydrogens is 319 g/mol. The van der Waals surface area contributed by atoms with E-state index in [0.29, 0.717) is 15.6 Å². The standard InChI is InChI=1S/C17H18BrFO/c1-3-11(2)17(20)15-14(18)10-9-13(16(15)19)12-7-5-4-6-8-12/h4-11,17,20H,3H2,1-2H3. The lowest BCUT2D eigenvalue weighted by atomic mass is 9.92. The third kappa shape index (κ3) is 2.94. The van der Waals surface area contributed by atoms with Gasteiger partial charge in [-0.15, -0.1) is 0 Å². The van der Waals surface area contributed by atoms with Crippen LogP contribution < -0.4 is 0 Å². The summed E-state index contributed by atoms with van der Waals surface area (Å²) in [5.41, 5.74) is 1.68. The second-order valence-corrected chi connectivity index (χ2v) is 5.87. The van der Waals surface area contributed by atoms with Gasteiger partial charge in [0.25, 0.3) is 0 Å². The molecule has 2 aromatic rings. The third-order valence-corrected chi connectivity index (χ3v) is 4.38. The van der Waals surface area contributed by atoms with Crippen molar-refractivity contribution < 1.29 is 9.50 Å². The van der Waals surface area contributed by atoms with Crippen molar-refractivity contribution in [3.63, 3.8) is 0 Å². The Morgan fingerprint density at radius 3 is 2.40 bits per heavy atom. The zero-order valence-electron chi connectivity index (χ0n) is 11.6. The summed E-state index contributed by atoms with van der Waals surface area (Å²) in [5.74, 6) is -0.342. The van der Waals surface area contributed by atoms with Gasteiger partial charge in [0.1, 0.15) is 5.82 Å². The molecule has 106 valence electrons. The molecule has 0 bridgehead atoms. The molecule has 0 fully saturated rings. The lowest BCUT2D eigenvalue weighted by Crippen LogP contribution is -2.11. The van der Waals surface area contributed by atoms with Gasteiger partial charge in [-0.25, -0.2) is 4.39 Å². The first-order valence-corrected chi connectivity index (χ1v) is 7.57. The monoisotopic (exact) mass is 336 g/mol. The maximum Gasteiger partial charge on any atom is 0.137 e. The minimum absolute atomic E-state index is 0.00632. The normalized spacial score (nSPS) is 14.1. The molecule has 2 aromatic carbocycles. The Bertz CT molecular complexity index is 583. The smallest absolute Gasteiger partial charge is 0.137 e. The minimum atomic E-state index is -0.807. The van der Waals surface area contributed by atoms with E-state index in [-0.39, 0.29) is 11.7 Å². The molecule has 0 aliphatic rings. The van der Waals surface area contributed by atoms with E-state index in [0.717, 1.165) is 12.0 Å². The Labute approximate surface area is 127 Å². The Balaban J connectivity index is 2.54. The highest BCUT2D eigenvalue weighted by Crippen LogP contribution is 2.36. The second-order valence-electron chi connectivity index (χ2n) is 5.02. The fraction of sp³-hybridized carbons (Fsp3) is 0.294. The largest absolute Gasteiger partial charge is 0.388 e. The molecule has 1 N–H and O–H groups in total. The van der Waals surface area contributed by atoms with Gasteiger partial charge in [-0.2, -0.15) is 0 Å². The van der Waals surface area contributed by atoms with Gasteiger partial charge in [0.2, 0.25) is 0 Å². The molecule has 0 amide bonds. The molecule has 1 nitrogen and oxygen atoms in total. The number of hydrogen-bond acceptors (Lipinski definition) is 1. The Morgan fingerprint density at radius 2 is 1.80 bits per heavy atom. The van der Waals surface area contributed by atoms with E-state index in [1.165, 1.54) is 0 Å². The Kier molecular flexibility index (Phi) is 4.95. The van der Waals surface area contributed by atoms with Crippen LogP contribution in [0.15, 0.2) is 46.9 Å². The fourth-order valence-electron chi connectivity index (χ4n) is 2.19. The van der Waals surface area contributed by atoms with Crippen molar-refractivity contribution in [1.29, 1.82) is 0 Å². The molecule has 0 aromatic heterocycles. The molecule has 2 atom stereocenters. The number of halogens is 2. The topological polar surface area (TPSA) is 20.2 Å². The van der Waals surface area contributed by atoms with Crippen molar-refractivity contribution in [1.82, 2.24) is 0 Å². The first-order valence-electron chi connectivity index (χ1n) is 6.77. The summed E-state index contributed by atoms with van der Waals surface area (Å²) in [7, 11) is 0. The number of aliphatic hydroxyl groups is 1. The molecule has 0 radical (unpaired) electrons. The highest BCUT2D eigenvalue weighted by Gasteiger charge is 2.23. The first-order chi connectivity index (χ1) is 9.56. The SMILES string of the molecule is CCC(C)C(O)c1c(Br)ccc(-c2ccccc2)c1F. The van der Waals surface area contributed by atoms with Crippen molar-refractivity contribution in [2.24, 2.45) is 5.92 Å². The summed E-state index contributed by atoms with van der Waals surface area (Å²) < 4.78 is 15.4. The quantitative estimate of drug-likeness (QED) is 0.799. The predicted molar refractivity (Wildman–Crippen MR) is 84.0 cm³/mol. The van der Waals surface area contributed by atoms with Crippen LogP contribution in [0.1, 0.15) is 31.9 Å². The summed E-state index contributed by atoms with van der Waals surface area (Å²) in [4.78, 5) is 0. The van der Waals surface area contributed by atoms with Crippen LogP contribution in [0.4, 0.5) is 4.39 Å². The van der Waals surface area contributed by atoms with Crippen LogP contribution in [0.5, 0.6) is 0 Å². The van der Waals surface area contributed by atoms with E-state index in [4.69, 9.17) is 0 Å². The van der Waals surface area contributed by atoms with Crippen molar-refractivity contribution >= 4 is 15.9 Å². The maximum atomic E-state index is 14.8. The Hall–Kier alpha value is -1.19. The Morgan fingerprint density at radius 1 is 1.15 bits per heavy atom. The molecule has 0 saturated carbocycles. The molecule has 0 aliphatic heterocycles. The second kappa shape index (κ2) is 6.51. The lowest BCUT2D eigenvalue weighted by Gasteiger charge is -2.21. The molecular formula is C17H18BrFO. The molecule has 0 heterocycles. The number of hydrogen-bond donors (Lipinski definition) is 1. The molecule has 0 aliphatic carbocycles. The van der Waals surface area contributed by atoms with Crippen LogP contribution in [0.3, 0.4) is 0 Å². The van der Waals surface area contributed by atoms with E-state index in [1.54, 1.807) is 12.1 Å². The van der Waals surface area contributed by atoms with Crippen LogP contribution in [-0.2, 0) is 0 Å². The molecule has 0 saturated heterocycles. The van der Waals surface area contributed by atoms with Crippen molar-refractivity contribution in [3.8, 4) is 11.1 Å². The van der Waals surface area contributed by atoms with E-state index in [2.05, 4.69) is 15.9 Å². The highest BCUT2D eigenvalue weighted by molar-refractivity contribution is 9.10. The van der Waals surface area contributed by atoms with Crippen LogP contribution in [0, 0.1) is 11.7 Å². The van der Waals surface area contributed by atoms with Crippen LogP contribution in [0.25, 0.3) is 11.1 Å². The van der Waals surface area contributed by atoms with Gasteiger partial charge in [-0.1, -0.05) is 72.6 Å². The third-order valence-electron chi connectivity index (χ3n) is 3.69. The zero-order chi connectivity index (χ0) is 14.7. The zero-order valence-corrected chi connectivity index (χ0v) is 13.2. The van der Waals surface area contributed by atoms with Gasteiger partial charge in [-0.3, -0.25) is 0 Å². The summed E-state index contributed by atoms with van der Waals surface area (Å²) in [6, 6.07) is 12.9. The number of rotatable bonds is 4. The molecule has 2 rings (SSSR count). The van der Waals surface area contributed by atoms with Crippen molar-refractivity contribution in [3.05, 3.63) is 58.3 Å². The highest BCUT2D eigenvalue weighted by atomic mass is 79.9. The predicted octanol–water partition coefficient (Wildman–Crippen LogP) is 5.33. The van der Waals surface area contributed by atoms with Gasteiger partial charge in [0.15, 0.2) is 0 Å². The van der Waals surface area contributed by atoms with E-state index < -0.39 is 6.10 Å². The molecule has 3 heteroatoms. The molecule has 2 unspecified atom stereocenters. The first kappa shape index (κ1) is 15.2. The van der Waals surface area contributed by atoms with Crippen LogP contribution >= 0.6 is 15.9 Å². The van der Waals surface area contributed by atoms with Crippen LogP contribution in [-0.4, -0.2) is 5.11 Å². The summed E-state index contributed by atoms with van der Waals surface area (Å²) in [5, 5.41) is 10.4. The van der Waals surface area contributed by atoms with Crippen molar-refractivity contribution in [2.45, 2.75) is 26.4 Å². The summed E-state index contributed by atoms with van der Waals surface area (Å²) >= 11 is 3.35. The minimum Gasteiger partial charge on any atom is -0.388 e. The van der Waals surface area contributed by atoms with Gasteiger partial charge in [0.05, 0.1) is 6.10 Å². The number of benzene rings is 2. The van der Waals surface area contributed by atoms with Gasteiger partial charge in [0, 0.05) is 15.6 Å². The summed E-state index contributed by atoms with van der Waals surface area (Å²) in [6.07, 6.45) is -0.0131. The summed E-state index contributed by atoms with van der Waals surface area (Å²) in [6.45, 7) is 3.91. The van der Waals surface area contributed by atoms with E-state index in [9.17, 15) is 9.50 Å². The van der Waals surface area contributed by atoms with Gasteiger partial charge in [-0.05, 0) is 17.5 Å². The van der Waals surface area contributed by atoms with E-state index in [1.807, 2.05) is 44.2 Å². The maximum absolute atomic E-state index is 14.8. The van der Waals surface area contributed by atoms with E-state index >= 15 is 0 Å². The van der Waals surface area contributed by atoms with Gasteiger partial charge >= 0.3 is 0 Å². The number of aliphatic hydroxyl groups excluding tert-OH is 1. The average molecular weight is 337 g/mol. The average Bonchev–Trinajstić information content (AvgIpc) is 2.47. The fourth-order valence-corrected chi connectivity index (χ4v) is 2.73.